The van der Waals surface area contributed by atoms with Crippen molar-refractivity contribution in [2.75, 3.05) is 7.11 Å². The van der Waals surface area contributed by atoms with E-state index < -0.39 is 6.10 Å². The summed E-state index contributed by atoms with van der Waals surface area (Å²) in [4.78, 5) is 4.20. The molecule has 0 amide bonds. The number of hydrogen-bond donors (Lipinski definition) is 1. The smallest absolute Gasteiger partial charge is 0.213 e. The first-order valence-corrected chi connectivity index (χ1v) is 5.47. The lowest BCUT2D eigenvalue weighted by Gasteiger charge is -2.10. The number of nitrogens with zero attached hydrogens (tertiary/aromatic N) is 1. The van der Waals surface area contributed by atoms with Gasteiger partial charge in [0.15, 0.2) is 0 Å². The van der Waals surface area contributed by atoms with Gasteiger partial charge in [-0.3, -0.25) is 0 Å². The predicted molar refractivity (Wildman–Crippen MR) is 59.9 cm³/mol. The van der Waals surface area contributed by atoms with Crippen LogP contribution in [0.2, 0.25) is 0 Å². The number of methoxy groups -OCH3 is 1. The zero-order valence-electron chi connectivity index (χ0n) is 9.44. The van der Waals surface area contributed by atoms with E-state index in [0.717, 1.165) is 25.7 Å². The fourth-order valence-electron chi connectivity index (χ4n) is 1.47. The van der Waals surface area contributed by atoms with Gasteiger partial charge < -0.3 is 9.84 Å². The molecule has 1 atom stereocenters. The van der Waals surface area contributed by atoms with Crippen LogP contribution in [0.1, 0.15) is 44.4 Å². The van der Waals surface area contributed by atoms with Gasteiger partial charge in [-0.15, -0.1) is 0 Å². The molecule has 0 aromatic carbocycles. The Hall–Kier alpha value is -1.09. The standard InChI is InChI=1S/C12H19NO2/c1-3-4-5-8-11(14)10-7-6-9-12(13-10)15-2/h6-7,9,11,14H,3-5,8H2,1-2H3. The molecule has 0 saturated carbocycles. The second-order valence-electron chi connectivity index (χ2n) is 3.62. The summed E-state index contributed by atoms with van der Waals surface area (Å²) in [5.74, 6) is 0.557. The lowest BCUT2D eigenvalue weighted by Crippen LogP contribution is -2.01. The number of aliphatic hydroxyl groups excluding tert-OH is 1. The molecule has 1 aromatic rings. The summed E-state index contributed by atoms with van der Waals surface area (Å²) in [6.45, 7) is 2.15. The monoisotopic (exact) mass is 209 g/mol. The topological polar surface area (TPSA) is 42.4 Å². The summed E-state index contributed by atoms with van der Waals surface area (Å²) in [6.07, 6.45) is 3.66. The molecule has 0 aliphatic heterocycles. The molecule has 84 valence electrons. The van der Waals surface area contributed by atoms with Crippen LogP contribution in [0, 0.1) is 0 Å². The van der Waals surface area contributed by atoms with Gasteiger partial charge in [0.2, 0.25) is 5.88 Å². The Balaban J connectivity index is 2.52. The second kappa shape index (κ2) is 6.40. The largest absolute Gasteiger partial charge is 0.481 e. The highest BCUT2D eigenvalue weighted by Crippen LogP contribution is 2.19. The Morgan fingerprint density at radius 3 is 2.87 bits per heavy atom. The molecular weight excluding hydrogens is 190 g/mol. The van der Waals surface area contributed by atoms with Crippen molar-refractivity contribution in [2.45, 2.75) is 38.7 Å². The molecule has 1 aromatic heterocycles. The van der Waals surface area contributed by atoms with Gasteiger partial charge in [0.25, 0.3) is 0 Å². The Kier molecular flexibility index (Phi) is 5.12. The molecule has 0 bridgehead atoms. The highest BCUT2D eigenvalue weighted by Gasteiger charge is 2.09. The van der Waals surface area contributed by atoms with Crippen molar-refractivity contribution in [2.24, 2.45) is 0 Å². The number of rotatable bonds is 6. The van der Waals surface area contributed by atoms with E-state index in [1.807, 2.05) is 12.1 Å². The van der Waals surface area contributed by atoms with Crippen LogP contribution in [0.25, 0.3) is 0 Å². The van der Waals surface area contributed by atoms with Crippen molar-refractivity contribution >= 4 is 0 Å². The Bertz CT molecular complexity index is 289. The molecule has 0 radical (unpaired) electrons. The predicted octanol–water partition coefficient (Wildman–Crippen LogP) is 2.70. The molecule has 1 heterocycles. The van der Waals surface area contributed by atoms with Crippen LogP contribution in [0.15, 0.2) is 18.2 Å². The molecule has 1 unspecified atom stereocenters. The highest BCUT2D eigenvalue weighted by atomic mass is 16.5. The number of hydrogen-bond acceptors (Lipinski definition) is 3. The molecule has 0 fully saturated rings. The van der Waals surface area contributed by atoms with Crippen molar-refractivity contribution in [1.82, 2.24) is 4.98 Å². The van der Waals surface area contributed by atoms with E-state index in [0.29, 0.717) is 11.6 Å². The summed E-state index contributed by atoms with van der Waals surface area (Å²) < 4.78 is 5.01. The summed E-state index contributed by atoms with van der Waals surface area (Å²) in [5, 5.41) is 9.85. The molecule has 0 saturated heterocycles. The maximum atomic E-state index is 9.85. The third kappa shape index (κ3) is 3.88. The first-order valence-electron chi connectivity index (χ1n) is 5.47. The number of aliphatic hydroxyl groups is 1. The van der Waals surface area contributed by atoms with E-state index in [9.17, 15) is 5.11 Å². The van der Waals surface area contributed by atoms with Gasteiger partial charge in [0.1, 0.15) is 0 Å². The van der Waals surface area contributed by atoms with E-state index in [2.05, 4.69) is 11.9 Å². The van der Waals surface area contributed by atoms with Crippen LogP contribution in [0.4, 0.5) is 0 Å². The molecular formula is C12H19NO2. The molecule has 3 heteroatoms. The molecule has 1 N–H and O–H groups in total. The van der Waals surface area contributed by atoms with Crippen LogP contribution in [0.5, 0.6) is 5.88 Å². The molecule has 0 aliphatic rings. The summed E-state index contributed by atoms with van der Waals surface area (Å²) in [5.41, 5.74) is 0.699. The lowest BCUT2D eigenvalue weighted by atomic mass is 10.1. The summed E-state index contributed by atoms with van der Waals surface area (Å²) >= 11 is 0. The molecule has 1 rings (SSSR count). The maximum absolute atomic E-state index is 9.85. The van der Waals surface area contributed by atoms with E-state index in [1.54, 1.807) is 13.2 Å². The lowest BCUT2D eigenvalue weighted by molar-refractivity contribution is 0.158. The van der Waals surface area contributed by atoms with Crippen molar-refractivity contribution < 1.29 is 9.84 Å². The Morgan fingerprint density at radius 1 is 1.40 bits per heavy atom. The molecule has 3 nitrogen and oxygen atoms in total. The first-order chi connectivity index (χ1) is 7.27. The van der Waals surface area contributed by atoms with Gasteiger partial charge in [-0.25, -0.2) is 4.98 Å². The average Bonchev–Trinajstić information content (AvgIpc) is 2.29. The molecule has 15 heavy (non-hydrogen) atoms. The van der Waals surface area contributed by atoms with Gasteiger partial charge in [0, 0.05) is 6.07 Å². The van der Waals surface area contributed by atoms with E-state index in [4.69, 9.17) is 4.74 Å². The third-order valence-corrected chi connectivity index (χ3v) is 2.38. The van der Waals surface area contributed by atoms with Gasteiger partial charge in [0.05, 0.1) is 18.9 Å². The third-order valence-electron chi connectivity index (χ3n) is 2.38. The van der Waals surface area contributed by atoms with Crippen LogP contribution in [-0.4, -0.2) is 17.2 Å². The second-order valence-corrected chi connectivity index (χ2v) is 3.62. The summed E-state index contributed by atoms with van der Waals surface area (Å²) in [7, 11) is 1.58. The zero-order valence-corrected chi connectivity index (χ0v) is 9.44. The maximum Gasteiger partial charge on any atom is 0.213 e. The van der Waals surface area contributed by atoms with Gasteiger partial charge in [-0.05, 0) is 12.5 Å². The van der Waals surface area contributed by atoms with E-state index in [-0.39, 0.29) is 0 Å². The number of unbranched alkanes of at least 4 members (excludes halogenated alkanes) is 2. The fraction of sp³-hybridized carbons (Fsp3) is 0.583. The quantitative estimate of drug-likeness (QED) is 0.732. The Labute approximate surface area is 91.1 Å². The van der Waals surface area contributed by atoms with Gasteiger partial charge >= 0.3 is 0 Å². The van der Waals surface area contributed by atoms with Crippen LogP contribution >= 0.6 is 0 Å². The SMILES string of the molecule is CCCCCC(O)c1cccc(OC)n1. The minimum Gasteiger partial charge on any atom is -0.481 e. The van der Waals surface area contributed by atoms with Crippen molar-refractivity contribution in [3.63, 3.8) is 0 Å². The van der Waals surface area contributed by atoms with Gasteiger partial charge in [-0.1, -0.05) is 32.3 Å². The van der Waals surface area contributed by atoms with E-state index >= 15 is 0 Å². The summed E-state index contributed by atoms with van der Waals surface area (Å²) in [6, 6.07) is 5.46. The van der Waals surface area contributed by atoms with Crippen molar-refractivity contribution in [3.8, 4) is 5.88 Å². The van der Waals surface area contributed by atoms with Crippen LogP contribution in [-0.2, 0) is 0 Å². The van der Waals surface area contributed by atoms with E-state index in [1.165, 1.54) is 0 Å². The fourth-order valence-corrected chi connectivity index (χ4v) is 1.47. The number of aromatic nitrogens is 1. The highest BCUT2D eigenvalue weighted by molar-refractivity contribution is 5.17. The normalized spacial score (nSPS) is 12.5. The zero-order chi connectivity index (χ0) is 11.1. The minimum atomic E-state index is -0.466. The Morgan fingerprint density at radius 2 is 2.20 bits per heavy atom. The molecule has 0 aliphatic carbocycles. The van der Waals surface area contributed by atoms with Crippen LogP contribution < -0.4 is 4.74 Å². The van der Waals surface area contributed by atoms with Gasteiger partial charge in [-0.2, -0.15) is 0 Å². The van der Waals surface area contributed by atoms with Crippen molar-refractivity contribution in [1.29, 1.82) is 0 Å². The first kappa shape index (κ1) is 12.0. The molecule has 0 spiro atoms. The average molecular weight is 209 g/mol. The van der Waals surface area contributed by atoms with Crippen LogP contribution in [0.3, 0.4) is 0 Å². The minimum absolute atomic E-state index is 0.466. The number of pyridine rings is 1. The van der Waals surface area contributed by atoms with Crippen molar-refractivity contribution in [3.05, 3.63) is 23.9 Å². The number of ether oxygens (including phenoxy) is 1.